The van der Waals surface area contributed by atoms with Crippen LogP contribution in [0.25, 0.3) is 0 Å². The molecule has 1 heterocycles. The number of hydrogen-bond acceptors (Lipinski definition) is 5. The zero-order valence-electron chi connectivity index (χ0n) is 11.6. The highest BCUT2D eigenvalue weighted by molar-refractivity contribution is 8.14. The molecule has 2 aromatic rings. The summed E-state index contributed by atoms with van der Waals surface area (Å²) < 4.78 is 5.04. The van der Waals surface area contributed by atoms with Gasteiger partial charge in [0.1, 0.15) is 0 Å². The van der Waals surface area contributed by atoms with E-state index in [9.17, 15) is 14.4 Å². The van der Waals surface area contributed by atoms with Crippen molar-refractivity contribution in [2.45, 2.75) is 11.3 Å². The van der Waals surface area contributed by atoms with Crippen molar-refractivity contribution in [1.29, 1.82) is 0 Å². The molecule has 0 aliphatic heterocycles. The summed E-state index contributed by atoms with van der Waals surface area (Å²) in [5, 5.41) is 2.30. The molecule has 3 N–H and O–H groups in total. The van der Waals surface area contributed by atoms with Gasteiger partial charge in [0.25, 0.3) is 11.0 Å². The SMILES string of the molecule is NC(=O)CCNC(=O)c1ccccc1SC(=O)c1ccco1. The summed E-state index contributed by atoms with van der Waals surface area (Å²) in [5.41, 5.74) is 5.38. The third-order valence-electron chi connectivity index (χ3n) is 2.71. The first kappa shape index (κ1) is 15.8. The molecule has 0 radical (unpaired) electrons. The summed E-state index contributed by atoms with van der Waals surface area (Å²) in [4.78, 5) is 35.3. The molecule has 0 saturated heterocycles. The van der Waals surface area contributed by atoms with Gasteiger partial charge in [-0.05, 0) is 36.0 Å². The second kappa shape index (κ2) is 7.46. The average molecular weight is 318 g/mol. The minimum absolute atomic E-state index is 0.0619. The van der Waals surface area contributed by atoms with Crippen LogP contribution < -0.4 is 11.1 Å². The van der Waals surface area contributed by atoms with E-state index in [1.807, 2.05) is 0 Å². The van der Waals surface area contributed by atoms with Gasteiger partial charge in [0, 0.05) is 17.9 Å². The monoisotopic (exact) mass is 318 g/mol. The molecule has 6 nitrogen and oxygen atoms in total. The third kappa shape index (κ3) is 4.23. The minimum atomic E-state index is -0.490. The van der Waals surface area contributed by atoms with Gasteiger partial charge in [0.2, 0.25) is 5.91 Å². The van der Waals surface area contributed by atoms with Crippen molar-refractivity contribution in [2.75, 3.05) is 6.54 Å². The van der Waals surface area contributed by atoms with E-state index in [1.54, 1.807) is 36.4 Å². The van der Waals surface area contributed by atoms with Crippen LogP contribution in [0.15, 0.2) is 52.0 Å². The molecule has 1 aromatic carbocycles. The van der Waals surface area contributed by atoms with Gasteiger partial charge in [-0.15, -0.1) is 0 Å². The van der Waals surface area contributed by atoms with Gasteiger partial charge in [-0.1, -0.05) is 12.1 Å². The van der Waals surface area contributed by atoms with E-state index in [-0.39, 0.29) is 29.7 Å². The summed E-state index contributed by atoms with van der Waals surface area (Å²) >= 11 is 0.911. The summed E-state index contributed by atoms with van der Waals surface area (Å²) in [5.74, 6) is -0.638. The van der Waals surface area contributed by atoms with Gasteiger partial charge >= 0.3 is 0 Å². The van der Waals surface area contributed by atoms with Crippen LogP contribution in [0.3, 0.4) is 0 Å². The fourth-order valence-electron chi connectivity index (χ4n) is 1.68. The van der Waals surface area contributed by atoms with E-state index >= 15 is 0 Å². The molecule has 7 heteroatoms. The first-order valence-electron chi connectivity index (χ1n) is 6.49. The highest BCUT2D eigenvalue weighted by Gasteiger charge is 2.16. The van der Waals surface area contributed by atoms with Crippen LogP contribution in [0.1, 0.15) is 27.3 Å². The quantitative estimate of drug-likeness (QED) is 0.791. The van der Waals surface area contributed by atoms with Crippen molar-refractivity contribution in [1.82, 2.24) is 5.32 Å². The molecule has 0 fully saturated rings. The van der Waals surface area contributed by atoms with Crippen LogP contribution in [0, 0.1) is 0 Å². The van der Waals surface area contributed by atoms with Crippen LogP contribution in [-0.2, 0) is 4.79 Å². The fraction of sp³-hybridized carbons (Fsp3) is 0.133. The summed E-state index contributed by atoms with van der Waals surface area (Å²) in [7, 11) is 0. The van der Waals surface area contributed by atoms with E-state index < -0.39 is 5.91 Å². The molecule has 114 valence electrons. The number of nitrogens with one attached hydrogen (secondary N) is 1. The van der Waals surface area contributed by atoms with Crippen molar-refractivity contribution < 1.29 is 18.8 Å². The number of benzene rings is 1. The number of amides is 2. The summed E-state index contributed by atoms with van der Waals surface area (Å²) in [6, 6.07) is 9.90. The second-order valence-corrected chi connectivity index (χ2v) is 5.35. The molecule has 0 unspecified atom stereocenters. The van der Waals surface area contributed by atoms with Crippen LogP contribution in [0.2, 0.25) is 0 Å². The van der Waals surface area contributed by atoms with Gasteiger partial charge < -0.3 is 15.5 Å². The largest absolute Gasteiger partial charge is 0.460 e. The van der Waals surface area contributed by atoms with E-state index in [1.165, 1.54) is 6.26 Å². The Balaban J connectivity index is 2.07. The molecule has 2 amide bonds. The molecule has 0 bridgehead atoms. The molecule has 0 saturated carbocycles. The predicted octanol–water partition coefficient (Wildman–Crippen LogP) is 1.82. The maximum absolute atomic E-state index is 12.1. The molecule has 0 aliphatic carbocycles. The topological polar surface area (TPSA) is 102 Å². The molecule has 0 aliphatic rings. The number of primary amides is 1. The predicted molar refractivity (Wildman–Crippen MR) is 81.5 cm³/mol. The molecular weight excluding hydrogens is 304 g/mol. The maximum atomic E-state index is 12.1. The van der Waals surface area contributed by atoms with Crippen LogP contribution in [0.5, 0.6) is 0 Å². The normalized spacial score (nSPS) is 10.2. The van der Waals surface area contributed by atoms with Crippen molar-refractivity contribution in [2.24, 2.45) is 5.73 Å². The zero-order chi connectivity index (χ0) is 15.9. The Labute approximate surface area is 131 Å². The Morgan fingerprint density at radius 1 is 1.14 bits per heavy atom. The van der Waals surface area contributed by atoms with Crippen LogP contribution in [0.4, 0.5) is 0 Å². The fourth-order valence-corrected chi connectivity index (χ4v) is 2.52. The number of rotatable bonds is 6. The van der Waals surface area contributed by atoms with Gasteiger partial charge in [0.05, 0.1) is 11.8 Å². The lowest BCUT2D eigenvalue weighted by atomic mass is 10.2. The minimum Gasteiger partial charge on any atom is -0.460 e. The van der Waals surface area contributed by atoms with Crippen molar-refractivity contribution in [3.8, 4) is 0 Å². The van der Waals surface area contributed by atoms with Crippen molar-refractivity contribution >= 4 is 28.7 Å². The van der Waals surface area contributed by atoms with E-state index in [2.05, 4.69) is 5.32 Å². The van der Waals surface area contributed by atoms with Gasteiger partial charge in [-0.3, -0.25) is 14.4 Å². The number of furan rings is 1. The van der Waals surface area contributed by atoms with Gasteiger partial charge in [-0.2, -0.15) is 0 Å². The van der Waals surface area contributed by atoms with Crippen LogP contribution >= 0.6 is 11.8 Å². The van der Waals surface area contributed by atoms with E-state index in [0.29, 0.717) is 10.5 Å². The Bertz CT molecular complexity index is 683. The summed E-state index contributed by atoms with van der Waals surface area (Å²) in [6.07, 6.45) is 1.47. The first-order valence-corrected chi connectivity index (χ1v) is 7.31. The molecule has 1 aromatic heterocycles. The van der Waals surface area contributed by atoms with Gasteiger partial charge in [-0.25, -0.2) is 0 Å². The molecule has 0 atom stereocenters. The lowest BCUT2D eigenvalue weighted by Crippen LogP contribution is -2.28. The molecular formula is C15H14N2O4S. The number of nitrogens with two attached hydrogens (primary N) is 1. The molecule has 0 spiro atoms. The lowest BCUT2D eigenvalue weighted by molar-refractivity contribution is -0.117. The Morgan fingerprint density at radius 2 is 1.91 bits per heavy atom. The zero-order valence-corrected chi connectivity index (χ0v) is 12.4. The maximum Gasteiger partial charge on any atom is 0.259 e. The smallest absolute Gasteiger partial charge is 0.259 e. The second-order valence-electron chi connectivity index (χ2n) is 4.34. The Kier molecular flexibility index (Phi) is 5.37. The van der Waals surface area contributed by atoms with Crippen molar-refractivity contribution in [3.05, 3.63) is 54.0 Å². The summed E-state index contributed by atoms with van der Waals surface area (Å²) in [6.45, 7) is 0.152. The molecule has 22 heavy (non-hydrogen) atoms. The van der Waals surface area contributed by atoms with E-state index in [0.717, 1.165) is 11.8 Å². The van der Waals surface area contributed by atoms with Crippen LogP contribution in [-0.4, -0.2) is 23.5 Å². The highest BCUT2D eigenvalue weighted by atomic mass is 32.2. The number of carbonyl (C=O) groups is 3. The average Bonchev–Trinajstić information content (AvgIpc) is 3.01. The number of thioether (sulfide) groups is 1. The first-order chi connectivity index (χ1) is 10.6. The number of carbonyl (C=O) groups excluding carboxylic acids is 3. The Morgan fingerprint density at radius 3 is 2.59 bits per heavy atom. The molecule has 2 rings (SSSR count). The third-order valence-corrected chi connectivity index (χ3v) is 3.68. The van der Waals surface area contributed by atoms with Gasteiger partial charge in [0.15, 0.2) is 5.76 Å². The highest BCUT2D eigenvalue weighted by Crippen LogP contribution is 2.26. The number of hydrogen-bond donors (Lipinski definition) is 2. The lowest BCUT2D eigenvalue weighted by Gasteiger charge is -2.08. The van der Waals surface area contributed by atoms with Crippen molar-refractivity contribution in [3.63, 3.8) is 0 Å². The Hall–Kier alpha value is -2.54. The standard InChI is InChI=1S/C15H14N2O4S/c16-13(18)7-8-17-14(19)10-4-1-2-6-12(10)22-15(20)11-5-3-9-21-11/h1-6,9H,7-8H2,(H2,16,18)(H,17,19). The van der Waals surface area contributed by atoms with E-state index in [4.69, 9.17) is 10.2 Å².